The molecule has 1 unspecified atom stereocenters. The smallest absolute Gasteiger partial charge is 0.222 e. The van der Waals surface area contributed by atoms with Gasteiger partial charge >= 0.3 is 0 Å². The van der Waals surface area contributed by atoms with Gasteiger partial charge in [-0.2, -0.15) is 8.42 Å². The summed E-state index contributed by atoms with van der Waals surface area (Å²) in [5, 5.41) is 0.461. The second kappa shape index (κ2) is 7.70. The van der Waals surface area contributed by atoms with Gasteiger partial charge < -0.3 is 0 Å². The van der Waals surface area contributed by atoms with Crippen LogP contribution in [-0.2, 0) is 20.0 Å². The van der Waals surface area contributed by atoms with E-state index < -0.39 is 31.1 Å². The molecule has 1 heterocycles. The number of rotatable bonds is 8. The Morgan fingerprint density at radius 1 is 1.08 bits per heavy atom. The molecule has 6 nitrogen and oxygen atoms in total. The number of nitrogens with one attached hydrogen (secondary N) is 2. The zero-order valence-corrected chi connectivity index (χ0v) is 15.2. The standard InChI is InChI=1S/C14H17FN2O4S3/c1-2-16-24(20,21)17-10-13(11-5-7-12(15)8-6-11)23(18,19)14-4-3-9-22-14/h3-9,13,16-17H,2,10H2,1H3. The highest BCUT2D eigenvalue weighted by Crippen LogP contribution is 2.31. The Labute approximate surface area is 144 Å². The van der Waals surface area contributed by atoms with E-state index >= 15 is 0 Å². The van der Waals surface area contributed by atoms with Crippen molar-refractivity contribution < 1.29 is 21.2 Å². The third-order valence-electron chi connectivity index (χ3n) is 3.18. The number of hydrogen-bond donors (Lipinski definition) is 2. The summed E-state index contributed by atoms with van der Waals surface area (Å²) >= 11 is 1.04. The van der Waals surface area contributed by atoms with Crippen LogP contribution in [0, 0.1) is 5.82 Å². The quantitative estimate of drug-likeness (QED) is 0.717. The third-order valence-corrected chi connectivity index (χ3v) is 7.93. The summed E-state index contributed by atoms with van der Waals surface area (Å²) in [6, 6.07) is 8.02. The van der Waals surface area contributed by atoms with E-state index in [1.54, 1.807) is 18.4 Å². The molecule has 0 bridgehead atoms. The van der Waals surface area contributed by atoms with Gasteiger partial charge in [-0.3, -0.25) is 0 Å². The molecule has 1 atom stereocenters. The van der Waals surface area contributed by atoms with Gasteiger partial charge in [0, 0.05) is 13.1 Å². The van der Waals surface area contributed by atoms with Crippen molar-refractivity contribution in [1.82, 2.24) is 9.44 Å². The average molecular weight is 392 g/mol. The summed E-state index contributed by atoms with van der Waals surface area (Å²) < 4.78 is 66.9. The van der Waals surface area contributed by atoms with E-state index in [0.717, 1.165) is 23.5 Å². The zero-order valence-electron chi connectivity index (χ0n) is 12.8. The first-order valence-corrected chi connectivity index (χ1v) is 10.9. The van der Waals surface area contributed by atoms with Gasteiger partial charge in [0.2, 0.25) is 0 Å². The van der Waals surface area contributed by atoms with Crippen molar-refractivity contribution in [3.05, 3.63) is 53.2 Å². The van der Waals surface area contributed by atoms with Gasteiger partial charge in [-0.1, -0.05) is 25.1 Å². The molecule has 0 spiro atoms. The molecule has 0 saturated heterocycles. The Morgan fingerprint density at radius 3 is 2.29 bits per heavy atom. The first-order valence-electron chi connectivity index (χ1n) is 7.03. The van der Waals surface area contributed by atoms with Crippen LogP contribution in [0.3, 0.4) is 0 Å². The van der Waals surface area contributed by atoms with Gasteiger partial charge in [0.05, 0.1) is 0 Å². The van der Waals surface area contributed by atoms with E-state index in [2.05, 4.69) is 9.44 Å². The average Bonchev–Trinajstić information content (AvgIpc) is 3.04. The van der Waals surface area contributed by atoms with Crippen LogP contribution in [0.15, 0.2) is 46.0 Å². The first kappa shape index (κ1) is 19.0. The van der Waals surface area contributed by atoms with Crippen molar-refractivity contribution >= 4 is 31.4 Å². The van der Waals surface area contributed by atoms with E-state index in [0.29, 0.717) is 5.56 Å². The van der Waals surface area contributed by atoms with Gasteiger partial charge in [-0.25, -0.2) is 22.3 Å². The van der Waals surface area contributed by atoms with Gasteiger partial charge in [-0.15, -0.1) is 11.3 Å². The van der Waals surface area contributed by atoms with Gasteiger partial charge in [0.15, 0.2) is 9.84 Å². The maximum atomic E-state index is 13.1. The highest BCUT2D eigenvalue weighted by Gasteiger charge is 2.31. The molecule has 2 rings (SSSR count). The molecular formula is C14H17FN2O4S3. The second-order valence-corrected chi connectivity index (χ2v) is 9.76. The lowest BCUT2D eigenvalue weighted by Gasteiger charge is -2.18. The minimum absolute atomic E-state index is 0.125. The zero-order chi connectivity index (χ0) is 17.8. The van der Waals surface area contributed by atoms with Crippen LogP contribution in [0.25, 0.3) is 0 Å². The van der Waals surface area contributed by atoms with E-state index in [4.69, 9.17) is 0 Å². The van der Waals surface area contributed by atoms with Crippen molar-refractivity contribution in [1.29, 1.82) is 0 Å². The Balaban J connectivity index is 2.37. The maximum Gasteiger partial charge on any atom is 0.276 e. The molecule has 0 aliphatic carbocycles. The molecule has 0 radical (unpaired) electrons. The summed E-state index contributed by atoms with van der Waals surface area (Å²) in [6.45, 7) is 1.43. The molecular weight excluding hydrogens is 375 g/mol. The number of halogens is 1. The van der Waals surface area contributed by atoms with Crippen molar-refractivity contribution in [3.8, 4) is 0 Å². The van der Waals surface area contributed by atoms with Crippen LogP contribution in [0.4, 0.5) is 4.39 Å². The molecule has 1 aromatic carbocycles. The number of benzene rings is 1. The Bertz CT molecular complexity index is 863. The van der Waals surface area contributed by atoms with Gasteiger partial charge in [0.25, 0.3) is 10.2 Å². The fourth-order valence-electron chi connectivity index (χ4n) is 2.08. The number of thiophene rings is 1. The lowest BCUT2D eigenvalue weighted by molar-refractivity contribution is 0.561. The van der Waals surface area contributed by atoms with E-state index in [-0.39, 0.29) is 17.3 Å². The molecule has 24 heavy (non-hydrogen) atoms. The topological polar surface area (TPSA) is 92.3 Å². The predicted molar refractivity (Wildman–Crippen MR) is 91.2 cm³/mol. The second-order valence-electron chi connectivity index (χ2n) is 4.87. The summed E-state index contributed by atoms with van der Waals surface area (Å²) in [5.41, 5.74) is 0.309. The molecule has 0 fully saturated rings. The van der Waals surface area contributed by atoms with Crippen LogP contribution in [0.2, 0.25) is 0 Å². The molecule has 10 heteroatoms. The van der Waals surface area contributed by atoms with Gasteiger partial charge in [0.1, 0.15) is 15.3 Å². The highest BCUT2D eigenvalue weighted by atomic mass is 32.2. The molecule has 2 aromatic rings. The summed E-state index contributed by atoms with van der Waals surface area (Å²) in [6.07, 6.45) is 0. The lowest BCUT2D eigenvalue weighted by Crippen LogP contribution is -2.39. The highest BCUT2D eigenvalue weighted by molar-refractivity contribution is 7.93. The Kier molecular flexibility index (Phi) is 6.10. The minimum atomic E-state index is -3.82. The normalized spacial score (nSPS) is 13.8. The monoisotopic (exact) mass is 392 g/mol. The Hall–Kier alpha value is -1.33. The molecule has 0 aliphatic heterocycles. The lowest BCUT2D eigenvalue weighted by atomic mass is 10.1. The largest absolute Gasteiger partial charge is 0.276 e. The maximum absolute atomic E-state index is 13.1. The van der Waals surface area contributed by atoms with Crippen molar-refractivity contribution in [2.75, 3.05) is 13.1 Å². The predicted octanol–water partition coefficient (Wildman–Crippen LogP) is 1.85. The molecule has 1 aromatic heterocycles. The number of hydrogen-bond acceptors (Lipinski definition) is 5. The van der Waals surface area contributed by atoms with Crippen LogP contribution in [0.1, 0.15) is 17.7 Å². The summed E-state index contributed by atoms with van der Waals surface area (Å²) in [7, 11) is -7.63. The van der Waals surface area contributed by atoms with Crippen LogP contribution in [0.5, 0.6) is 0 Å². The van der Waals surface area contributed by atoms with Crippen molar-refractivity contribution in [2.24, 2.45) is 0 Å². The van der Waals surface area contributed by atoms with Crippen LogP contribution >= 0.6 is 11.3 Å². The van der Waals surface area contributed by atoms with E-state index in [1.807, 2.05) is 0 Å². The first-order chi connectivity index (χ1) is 11.3. The fraction of sp³-hybridized carbons (Fsp3) is 0.286. The van der Waals surface area contributed by atoms with Crippen LogP contribution in [-0.4, -0.2) is 29.9 Å². The third kappa shape index (κ3) is 4.61. The molecule has 0 amide bonds. The number of sulfone groups is 1. The molecule has 2 N–H and O–H groups in total. The molecule has 0 aliphatic rings. The van der Waals surface area contributed by atoms with Gasteiger partial charge in [-0.05, 0) is 29.1 Å². The van der Waals surface area contributed by atoms with E-state index in [9.17, 15) is 21.2 Å². The fourth-order valence-corrected chi connectivity index (χ4v) is 5.92. The van der Waals surface area contributed by atoms with Crippen LogP contribution < -0.4 is 9.44 Å². The van der Waals surface area contributed by atoms with Crippen molar-refractivity contribution in [2.45, 2.75) is 16.4 Å². The minimum Gasteiger partial charge on any atom is -0.222 e. The van der Waals surface area contributed by atoms with E-state index in [1.165, 1.54) is 18.2 Å². The summed E-state index contributed by atoms with van der Waals surface area (Å²) in [5.74, 6) is -0.501. The SMILES string of the molecule is CCNS(=O)(=O)NCC(c1ccc(F)cc1)S(=O)(=O)c1cccs1. The molecule has 132 valence electrons. The van der Waals surface area contributed by atoms with Crippen molar-refractivity contribution in [3.63, 3.8) is 0 Å². The summed E-state index contributed by atoms with van der Waals surface area (Å²) in [4.78, 5) is 0. The molecule has 0 saturated carbocycles. The Morgan fingerprint density at radius 2 is 1.75 bits per heavy atom.